The fraction of sp³-hybridized carbons (Fsp3) is 0.412. The molecule has 0 N–H and O–H groups in total. The van der Waals surface area contributed by atoms with Crippen molar-refractivity contribution in [2.24, 2.45) is 5.92 Å². The number of aryl methyl sites for hydroxylation is 1. The first-order chi connectivity index (χ1) is 12.1. The minimum Gasteiger partial charge on any atom is -0.492 e. The molecule has 2 heterocycles. The van der Waals surface area contributed by atoms with E-state index in [2.05, 4.69) is 10.2 Å². The second-order valence-electron chi connectivity index (χ2n) is 5.63. The van der Waals surface area contributed by atoms with E-state index in [-0.39, 0.29) is 31.4 Å². The second-order valence-corrected chi connectivity index (χ2v) is 5.63. The number of aromatic nitrogens is 2. The molecular weight excluding hydrogens is 326 g/mol. The summed E-state index contributed by atoms with van der Waals surface area (Å²) in [4.78, 5) is 26.1. The maximum absolute atomic E-state index is 12.3. The van der Waals surface area contributed by atoms with Crippen LogP contribution in [0.3, 0.4) is 0 Å². The van der Waals surface area contributed by atoms with E-state index in [9.17, 15) is 9.59 Å². The van der Waals surface area contributed by atoms with Gasteiger partial charge in [0.25, 0.3) is 5.89 Å². The molecule has 0 radical (unpaired) electrons. The lowest BCUT2D eigenvalue weighted by Gasteiger charge is -2.19. The quantitative estimate of drug-likeness (QED) is 0.738. The van der Waals surface area contributed by atoms with Gasteiger partial charge in [0.1, 0.15) is 5.75 Å². The molecule has 1 fully saturated rings. The van der Waals surface area contributed by atoms with Gasteiger partial charge in [0.2, 0.25) is 11.8 Å². The van der Waals surface area contributed by atoms with Gasteiger partial charge in [0, 0.05) is 19.9 Å². The summed E-state index contributed by atoms with van der Waals surface area (Å²) >= 11 is 0. The Bertz CT molecular complexity index is 773. The summed E-state index contributed by atoms with van der Waals surface area (Å²) in [6.45, 7) is 4.18. The van der Waals surface area contributed by atoms with Crippen LogP contribution >= 0.6 is 0 Å². The number of carbonyl (C=O) groups excluding carboxylic acids is 2. The number of hydrogen-bond donors (Lipinski definition) is 0. The van der Waals surface area contributed by atoms with Gasteiger partial charge in [-0.2, -0.15) is 0 Å². The van der Waals surface area contributed by atoms with Crippen LogP contribution in [0.4, 0.5) is 5.69 Å². The zero-order valence-corrected chi connectivity index (χ0v) is 14.1. The molecule has 1 amide bonds. The van der Waals surface area contributed by atoms with E-state index >= 15 is 0 Å². The first-order valence-electron chi connectivity index (χ1n) is 8.06. The molecule has 132 valence electrons. The van der Waals surface area contributed by atoms with Crippen LogP contribution in [0.2, 0.25) is 0 Å². The minimum absolute atomic E-state index is 0.0973. The topological polar surface area (TPSA) is 94.8 Å². The number of benzene rings is 1. The molecule has 0 saturated carbocycles. The van der Waals surface area contributed by atoms with Gasteiger partial charge in [-0.3, -0.25) is 9.59 Å². The maximum Gasteiger partial charge on any atom is 0.311 e. The third kappa shape index (κ3) is 3.78. The summed E-state index contributed by atoms with van der Waals surface area (Å²) < 4.78 is 15.9. The van der Waals surface area contributed by atoms with Gasteiger partial charge in [-0.15, -0.1) is 10.2 Å². The van der Waals surface area contributed by atoms with Crippen molar-refractivity contribution in [1.29, 1.82) is 0 Å². The van der Waals surface area contributed by atoms with Crippen molar-refractivity contribution in [1.82, 2.24) is 10.2 Å². The van der Waals surface area contributed by atoms with Crippen LogP contribution in [-0.4, -0.2) is 35.2 Å². The van der Waals surface area contributed by atoms with Crippen molar-refractivity contribution in [3.05, 3.63) is 36.0 Å². The lowest BCUT2D eigenvalue weighted by Crippen LogP contribution is -2.27. The molecular formula is C17H19N3O5. The molecule has 2 aromatic rings. The number of carbonyl (C=O) groups is 2. The number of esters is 1. The lowest BCUT2D eigenvalue weighted by molar-refractivity contribution is -0.150. The van der Waals surface area contributed by atoms with Crippen LogP contribution in [0.1, 0.15) is 25.1 Å². The zero-order valence-electron chi connectivity index (χ0n) is 14.1. The Balaban J connectivity index is 1.65. The Labute approximate surface area is 144 Å². The van der Waals surface area contributed by atoms with Crippen molar-refractivity contribution in [3.63, 3.8) is 0 Å². The van der Waals surface area contributed by atoms with E-state index in [4.69, 9.17) is 13.9 Å². The number of nitrogens with zero attached hydrogens (tertiary/aromatic N) is 3. The molecule has 0 aliphatic carbocycles. The Morgan fingerprint density at radius 1 is 1.36 bits per heavy atom. The van der Waals surface area contributed by atoms with Gasteiger partial charge in [-0.1, -0.05) is 12.1 Å². The van der Waals surface area contributed by atoms with Gasteiger partial charge in [-0.05, 0) is 19.1 Å². The van der Waals surface area contributed by atoms with Crippen LogP contribution in [0, 0.1) is 12.8 Å². The first kappa shape index (κ1) is 16.9. The van der Waals surface area contributed by atoms with E-state index in [1.807, 2.05) is 19.1 Å². The summed E-state index contributed by atoms with van der Waals surface area (Å²) in [5.41, 5.74) is 0.664. The number of amides is 1. The number of anilines is 1. The van der Waals surface area contributed by atoms with E-state index in [1.165, 1.54) is 0 Å². The third-order valence-corrected chi connectivity index (χ3v) is 3.82. The Morgan fingerprint density at radius 2 is 2.16 bits per heavy atom. The summed E-state index contributed by atoms with van der Waals surface area (Å²) in [7, 11) is 0. The van der Waals surface area contributed by atoms with Crippen LogP contribution in [0.15, 0.2) is 28.7 Å². The van der Waals surface area contributed by atoms with Crippen molar-refractivity contribution < 1.29 is 23.5 Å². The fourth-order valence-corrected chi connectivity index (χ4v) is 2.70. The van der Waals surface area contributed by atoms with Crippen molar-refractivity contribution in [2.75, 3.05) is 18.1 Å². The zero-order chi connectivity index (χ0) is 17.8. The van der Waals surface area contributed by atoms with Gasteiger partial charge in [-0.25, -0.2) is 0 Å². The predicted molar refractivity (Wildman–Crippen MR) is 86.9 cm³/mol. The monoisotopic (exact) mass is 345 g/mol. The Hall–Kier alpha value is -2.90. The van der Waals surface area contributed by atoms with Crippen LogP contribution < -0.4 is 9.64 Å². The summed E-state index contributed by atoms with van der Waals surface area (Å²) in [5.74, 6) is 0.123. The van der Waals surface area contributed by atoms with Crippen molar-refractivity contribution >= 4 is 17.6 Å². The molecule has 8 heteroatoms. The van der Waals surface area contributed by atoms with Crippen LogP contribution in [-0.2, 0) is 20.9 Å². The number of para-hydroxylation sites is 2. The Morgan fingerprint density at radius 3 is 2.88 bits per heavy atom. The van der Waals surface area contributed by atoms with Gasteiger partial charge in [0.15, 0.2) is 6.61 Å². The number of ether oxygens (including phenoxy) is 2. The molecule has 1 aromatic carbocycles. The van der Waals surface area contributed by atoms with E-state index < -0.39 is 11.9 Å². The average Bonchev–Trinajstić information content (AvgIpc) is 3.19. The molecule has 3 rings (SSSR count). The van der Waals surface area contributed by atoms with Crippen LogP contribution in [0.25, 0.3) is 0 Å². The van der Waals surface area contributed by atoms with Crippen molar-refractivity contribution in [2.45, 2.75) is 26.9 Å². The molecule has 1 atom stereocenters. The molecule has 1 aliphatic heterocycles. The van der Waals surface area contributed by atoms with Crippen molar-refractivity contribution in [3.8, 4) is 5.75 Å². The fourth-order valence-electron chi connectivity index (χ4n) is 2.70. The highest BCUT2D eigenvalue weighted by Crippen LogP contribution is 2.33. The number of rotatable bonds is 6. The largest absolute Gasteiger partial charge is 0.492 e. The SMILES string of the molecule is CCOc1ccccc1N1C[C@@H](C(=O)OCc2nnc(C)o2)CC1=O. The summed E-state index contributed by atoms with van der Waals surface area (Å²) in [6.07, 6.45) is 0.0994. The summed E-state index contributed by atoms with van der Waals surface area (Å²) in [5, 5.41) is 7.43. The summed E-state index contributed by atoms with van der Waals surface area (Å²) in [6, 6.07) is 7.27. The van der Waals surface area contributed by atoms with Gasteiger partial charge in [0.05, 0.1) is 18.2 Å². The second kappa shape index (κ2) is 7.33. The number of hydrogen-bond acceptors (Lipinski definition) is 7. The Kier molecular flexibility index (Phi) is 4.97. The van der Waals surface area contributed by atoms with E-state index in [0.717, 1.165) is 0 Å². The molecule has 25 heavy (non-hydrogen) atoms. The molecule has 0 spiro atoms. The molecule has 0 bridgehead atoms. The maximum atomic E-state index is 12.3. The highest BCUT2D eigenvalue weighted by Gasteiger charge is 2.37. The van der Waals surface area contributed by atoms with Gasteiger partial charge < -0.3 is 18.8 Å². The normalized spacial score (nSPS) is 17.0. The highest BCUT2D eigenvalue weighted by atomic mass is 16.5. The first-order valence-corrected chi connectivity index (χ1v) is 8.06. The lowest BCUT2D eigenvalue weighted by atomic mass is 10.1. The standard InChI is InChI=1S/C17H19N3O5/c1-3-23-14-7-5-4-6-13(14)20-9-12(8-16(20)21)17(22)24-10-15-19-18-11(2)25-15/h4-7,12H,3,8-10H2,1-2H3/t12-/m0/s1. The highest BCUT2D eigenvalue weighted by molar-refractivity contribution is 6.00. The molecule has 1 saturated heterocycles. The average molecular weight is 345 g/mol. The van der Waals surface area contributed by atoms with Gasteiger partial charge >= 0.3 is 5.97 Å². The molecule has 1 aromatic heterocycles. The predicted octanol–water partition coefficient (Wildman–Crippen LogP) is 1.87. The molecule has 8 nitrogen and oxygen atoms in total. The van der Waals surface area contributed by atoms with Crippen LogP contribution in [0.5, 0.6) is 5.75 Å². The van der Waals surface area contributed by atoms with E-state index in [0.29, 0.717) is 23.9 Å². The molecule has 0 unspecified atom stereocenters. The minimum atomic E-state index is -0.536. The molecule has 1 aliphatic rings. The smallest absolute Gasteiger partial charge is 0.311 e. The third-order valence-electron chi connectivity index (χ3n) is 3.82. The van der Waals surface area contributed by atoms with E-state index in [1.54, 1.807) is 24.0 Å².